The van der Waals surface area contributed by atoms with E-state index in [2.05, 4.69) is 10.3 Å². The maximum atomic E-state index is 13.8. The van der Waals surface area contributed by atoms with Crippen molar-refractivity contribution < 1.29 is 4.39 Å². The summed E-state index contributed by atoms with van der Waals surface area (Å²) in [5, 5.41) is 4.26. The Balaban J connectivity index is 1.99. The van der Waals surface area contributed by atoms with Crippen molar-refractivity contribution in [2.45, 2.75) is 13.0 Å². The van der Waals surface area contributed by atoms with E-state index in [1.54, 1.807) is 18.3 Å². The summed E-state index contributed by atoms with van der Waals surface area (Å²) in [5.41, 5.74) is 8.85. The highest BCUT2D eigenvalue weighted by Gasteiger charge is 2.12. The second-order valence-corrected chi connectivity index (χ2v) is 4.99. The quantitative estimate of drug-likeness (QED) is 0.710. The number of aromatic nitrogens is 1. The molecule has 0 bridgehead atoms. The summed E-state index contributed by atoms with van der Waals surface area (Å²) in [7, 11) is 0. The number of para-hydroxylation sites is 1. The summed E-state index contributed by atoms with van der Waals surface area (Å²) >= 11 is 0. The van der Waals surface area contributed by atoms with Gasteiger partial charge in [0.2, 0.25) is 0 Å². The van der Waals surface area contributed by atoms with Crippen LogP contribution in [-0.4, -0.2) is 4.98 Å². The van der Waals surface area contributed by atoms with Crippen LogP contribution in [0.15, 0.2) is 54.7 Å². The van der Waals surface area contributed by atoms with Gasteiger partial charge in [-0.15, -0.1) is 0 Å². The summed E-state index contributed by atoms with van der Waals surface area (Å²) in [6.45, 7) is 1.93. The van der Waals surface area contributed by atoms with Gasteiger partial charge in [-0.3, -0.25) is 4.98 Å². The van der Waals surface area contributed by atoms with E-state index >= 15 is 0 Å². The second kappa shape index (κ2) is 5.40. The Hall–Kier alpha value is -2.62. The number of nitrogens with zero attached hydrogens (tertiary/aromatic N) is 1. The number of nitrogens with one attached hydrogen (secondary N) is 1. The van der Waals surface area contributed by atoms with Crippen LogP contribution in [0.2, 0.25) is 0 Å². The van der Waals surface area contributed by atoms with Gasteiger partial charge in [0.1, 0.15) is 5.82 Å². The van der Waals surface area contributed by atoms with E-state index in [-0.39, 0.29) is 11.9 Å². The Kier molecular flexibility index (Phi) is 3.44. The van der Waals surface area contributed by atoms with Gasteiger partial charge in [0.15, 0.2) is 0 Å². The average molecular weight is 281 g/mol. The Labute approximate surface area is 122 Å². The Morgan fingerprint density at radius 3 is 2.71 bits per heavy atom. The van der Waals surface area contributed by atoms with E-state index in [4.69, 9.17) is 5.73 Å². The van der Waals surface area contributed by atoms with Crippen molar-refractivity contribution in [2.24, 2.45) is 0 Å². The highest BCUT2D eigenvalue weighted by atomic mass is 19.1. The topological polar surface area (TPSA) is 50.9 Å². The minimum Gasteiger partial charge on any atom is -0.397 e. The zero-order valence-corrected chi connectivity index (χ0v) is 11.7. The summed E-state index contributed by atoms with van der Waals surface area (Å²) in [6, 6.07) is 14.2. The summed E-state index contributed by atoms with van der Waals surface area (Å²) < 4.78 is 13.8. The van der Waals surface area contributed by atoms with Crippen molar-refractivity contribution in [2.75, 3.05) is 11.1 Å². The Morgan fingerprint density at radius 2 is 1.90 bits per heavy atom. The van der Waals surface area contributed by atoms with Gasteiger partial charge in [0, 0.05) is 22.8 Å². The fourth-order valence-electron chi connectivity index (χ4n) is 2.46. The Morgan fingerprint density at radius 1 is 1.10 bits per heavy atom. The third-order valence-corrected chi connectivity index (χ3v) is 3.55. The van der Waals surface area contributed by atoms with Gasteiger partial charge < -0.3 is 11.1 Å². The monoisotopic (exact) mass is 281 g/mol. The van der Waals surface area contributed by atoms with E-state index in [1.807, 2.05) is 37.3 Å². The van der Waals surface area contributed by atoms with E-state index in [0.29, 0.717) is 11.3 Å². The third-order valence-electron chi connectivity index (χ3n) is 3.55. The normalized spacial score (nSPS) is 12.3. The van der Waals surface area contributed by atoms with Crippen molar-refractivity contribution in [3.63, 3.8) is 0 Å². The van der Waals surface area contributed by atoms with Crippen LogP contribution in [-0.2, 0) is 0 Å². The molecule has 1 heterocycles. The first kappa shape index (κ1) is 13.4. The molecule has 1 unspecified atom stereocenters. The van der Waals surface area contributed by atoms with E-state index in [9.17, 15) is 4.39 Å². The lowest BCUT2D eigenvalue weighted by atomic mass is 10.1. The first-order valence-electron chi connectivity index (χ1n) is 6.81. The molecular weight excluding hydrogens is 265 g/mol. The van der Waals surface area contributed by atoms with Gasteiger partial charge in [-0.05, 0) is 25.1 Å². The molecule has 0 saturated heterocycles. The zero-order chi connectivity index (χ0) is 14.8. The summed E-state index contributed by atoms with van der Waals surface area (Å²) in [4.78, 5) is 4.30. The number of rotatable bonds is 3. The number of halogens is 1. The lowest BCUT2D eigenvalue weighted by Gasteiger charge is -2.18. The van der Waals surface area contributed by atoms with Gasteiger partial charge >= 0.3 is 0 Å². The Bertz CT molecular complexity index is 786. The van der Waals surface area contributed by atoms with Crippen molar-refractivity contribution in [3.8, 4) is 0 Å². The average Bonchev–Trinajstić information content (AvgIpc) is 2.49. The predicted molar refractivity (Wildman–Crippen MR) is 84.6 cm³/mol. The highest BCUT2D eigenvalue weighted by Crippen LogP contribution is 2.29. The van der Waals surface area contributed by atoms with Crippen LogP contribution >= 0.6 is 0 Å². The lowest BCUT2D eigenvalue weighted by molar-refractivity contribution is 0.600. The number of pyridine rings is 1. The van der Waals surface area contributed by atoms with Gasteiger partial charge in [-0.25, -0.2) is 4.39 Å². The number of anilines is 2. The lowest BCUT2D eigenvalue weighted by Crippen LogP contribution is -2.09. The summed E-state index contributed by atoms with van der Waals surface area (Å²) in [5.74, 6) is -0.213. The molecule has 0 radical (unpaired) electrons. The molecular formula is C17H16FN3. The van der Waals surface area contributed by atoms with Crippen LogP contribution in [0.4, 0.5) is 15.8 Å². The fourth-order valence-corrected chi connectivity index (χ4v) is 2.46. The molecule has 21 heavy (non-hydrogen) atoms. The molecule has 0 saturated carbocycles. The fraction of sp³-hybridized carbons (Fsp3) is 0.118. The maximum Gasteiger partial charge on any atom is 0.128 e. The molecule has 106 valence electrons. The number of hydrogen-bond acceptors (Lipinski definition) is 3. The first-order chi connectivity index (χ1) is 10.2. The van der Waals surface area contributed by atoms with Crippen LogP contribution < -0.4 is 11.1 Å². The molecule has 4 heteroatoms. The molecule has 0 aliphatic rings. The molecule has 1 atom stereocenters. The molecule has 1 aromatic heterocycles. The molecule has 0 amide bonds. The smallest absolute Gasteiger partial charge is 0.128 e. The van der Waals surface area contributed by atoms with Crippen LogP contribution in [0.3, 0.4) is 0 Å². The first-order valence-corrected chi connectivity index (χ1v) is 6.81. The van der Waals surface area contributed by atoms with Crippen molar-refractivity contribution >= 4 is 22.3 Å². The van der Waals surface area contributed by atoms with Crippen molar-refractivity contribution in [1.29, 1.82) is 0 Å². The van der Waals surface area contributed by atoms with Gasteiger partial charge in [-0.1, -0.05) is 30.3 Å². The summed E-state index contributed by atoms with van der Waals surface area (Å²) in [6.07, 6.45) is 1.70. The van der Waals surface area contributed by atoms with Gasteiger partial charge in [0.05, 0.1) is 17.2 Å². The molecule has 3 rings (SSSR count). The molecule has 3 N–H and O–H groups in total. The van der Waals surface area contributed by atoms with E-state index < -0.39 is 0 Å². The molecule has 0 spiro atoms. The molecule has 2 aromatic carbocycles. The van der Waals surface area contributed by atoms with Crippen molar-refractivity contribution in [1.82, 2.24) is 4.98 Å². The minimum atomic E-state index is -0.213. The molecule has 0 fully saturated rings. The molecule has 0 aliphatic carbocycles. The predicted octanol–water partition coefficient (Wildman–Crippen LogP) is 4.13. The molecule has 0 aliphatic heterocycles. The van der Waals surface area contributed by atoms with E-state index in [1.165, 1.54) is 6.07 Å². The van der Waals surface area contributed by atoms with Crippen molar-refractivity contribution in [3.05, 3.63) is 66.1 Å². The number of hydrogen-bond donors (Lipinski definition) is 2. The second-order valence-electron chi connectivity index (χ2n) is 4.99. The van der Waals surface area contributed by atoms with E-state index in [0.717, 1.165) is 16.6 Å². The SMILES string of the molecule is CC(Nc1ccnc2c(N)cccc12)c1ccccc1F. The minimum absolute atomic E-state index is 0.154. The van der Waals surface area contributed by atoms with Crippen LogP contribution in [0, 0.1) is 5.82 Å². The zero-order valence-electron chi connectivity index (χ0n) is 11.7. The van der Waals surface area contributed by atoms with Gasteiger partial charge in [0.25, 0.3) is 0 Å². The number of nitrogens with two attached hydrogens (primary N) is 1. The molecule has 3 aromatic rings. The standard InChI is InChI=1S/C17H16FN3/c1-11(12-5-2-3-7-14(12)18)21-16-9-10-20-17-13(16)6-4-8-15(17)19/h2-11H,19H2,1H3,(H,20,21). The van der Waals surface area contributed by atoms with Gasteiger partial charge in [-0.2, -0.15) is 0 Å². The van der Waals surface area contributed by atoms with Crippen LogP contribution in [0.1, 0.15) is 18.5 Å². The van der Waals surface area contributed by atoms with Crippen LogP contribution in [0.25, 0.3) is 10.9 Å². The maximum absolute atomic E-state index is 13.8. The molecule has 3 nitrogen and oxygen atoms in total. The van der Waals surface area contributed by atoms with Crippen LogP contribution in [0.5, 0.6) is 0 Å². The highest BCUT2D eigenvalue weighted by molar-refractivity contribution is 5.97. The number of benzene rings is 2. The number of nitrogen functional groups attached to an aromatic ring is 1. The largest absolute Gasteiger partial charge is 0.397 e. The third kappa shape index (κ3) is 2.52. The number of fused-ring (bicyclic) bond motifs is 1.